The van der Waals surface area contributed by atoms with Crippen LogP contribution in [0.3, 0.4) is 0 Å². The molecule has 8 heteroatoms. The van der Waals surface area contributed by atoms with E-state index in [1.165, 1.54) is 4.90 Å². The Morgan fingerprint density at radius 3 is 2.50 bits per heavy atom. The Hall–Kier alpha value is -1.44. The zero-order valence-corrected chi connectivity index (χ0v) is 11.3. The maximum atomic E-state index is 13.7. The molecule has 1 aromatic heterocycles. The molecule has 1 fully saturated rings. The minimum atomic E-state index is -4.16. The molecule has 1 aliphatic rings. The van der Waals surface area contributed by atoms with Crippen LogP contribution in [0.15, 0.2) is 0 Å². The van der Waals surface area contributed by atoms with Crippen LogP contribution in [0.5, 0.6) is 0 Å². The number of rotatable bonds is 4. The Morgan fingerprint density at radius 1 is 1.25 bits per heavy atom. The van der Waals surface area contributed by atoms with E-state index >= 15 is 0 Å². The predicted molar refractivity (Wildman–Crippen MR) is 65.9 cm³/mol. The van der Waals surface area contributed by atoms with Gasteiger partial charge >= 0.3 is 6.18 Å². The Kier molecular flexibility index (Phi) is 4.12. The summed E-state index contributed by atoms with van der Waals surface area (Å²) in [5.74, 6) is 0.136. The van der Waals surface area contributed by atoms with Crippen molar-refractivity contribution in [1.82, 2.24) is 14.9 Å². The van der Waals surface area contributed by atoms with Crippen molar-refractivity contribution in [3.63, 3.8) is 0 Å². The normalized spacial score (nSPS) is 17.1. The average Bonchev–Trinajstić information content (AvgIpc) is 2.26. The molecule has 0 radical (unpaired) electrons. The molecule has 1 aromatic rings. The molecule has 0 bridgehead atoms. The van der Waals surface area contributed by atoms with E-state index in [0.29, 0.717) is 25.5 Å². The van der Waals surface area contributed by atoms with Crippen molar-refractivity contribution in [1.29, 1.82) is 0 Å². The third-order valence-corrected chi connectivity index (χ3v) is 3.12. The molecule has 2 rings (SSSR count). The molecule has 1 N–H and O–H groups in total. The van der Waals surface area contributed by atoms with Crippen LogP contribution in [0, 0.1) is 25.6 Å². The highest BCUT2D eigenvalue weighted by atomic mass is 19.4. The van der Waals surface area contributed by atoms with E-state index in [9.17, 15) is 17.6 Å². The third-order valence-electron chi connectivity index (χ3n) is 3.12. The Labute approximate surface area is 114 Å². The SMILES string of the molecule is Cc1nc(C)c(F)c(NCC2CN(CC(F)(F)F)C2)n1. The monoisotopic (exact) mass is 292 g/mol. The summed E-state index contributed by atoms with van der Waals surface area (Å²) in [5.41, 5.74) is 0.257. The molecule has 20 heavy (non-hydrogen) atoms. The van der Waals surface area contributed by atoms with Crippen molar-refractivity contribution >= 4 is 5.82 Å². The second-order valence-corrected chi connectivity index (χ2v) is 5.08. The van der Waals surface area contributed by atoms with Gasteiger partial charge in [-0.3, -0.25) is 4.90 Å². The zero-order valence-electron chi connectivity index (χ0n) is 11.3. The van der Waals surface area contributed by atoms with E-state index in [0.717, 1.165) is 0 Å². The molecule has 2 heterocycles. The number of halogens is 4. The first-order valence-corrected chi connectivity index (χ1v) is 6.28. The van der Waals surface area contributed by atoms with Gasteiger partial charge in [-0.15, -0.1) is 0 Å². The standard InChI is InChI=1S/C12H16F4N4/c1-7-10(13)11(19-8(2)18-7)17-3-9-4-20(5-9)6-12(14,15)16/h9H,3-6H2,1-2H3,(H,17,18,19). The molecule has 0 unspecified atom stereocenters. The van der Waals surface area contributed by atoms with E-state index in [1.54, 1.807) is 13.8 Å². The van der Waals surface area contributed by atoms with E-state index in [2.05, 4.69) is 15.3 Å². The Bertz CT molecular complexity index is 483. The minimum Gasteiger partial charge on any atom is -0.367 e. The fourth-order valence-corrected chi connectivity index (χ4v) is 2.25. The maximum absolute atomic E-state index is 13.7. The number of aromatic nitrogens is 2. The number of aryl methyl sites for hydroxylation is 2. The fraction of sp³-hybridized carbons (Fsp3) is 0.667. The average molecular weight is 292 g/mol. The molecule has 0 amide bonds. The lowest BCUT2D eigenvalue weighted by Gasteiger charge is -2.39. The van der Waals surface area contributed by atoms with Crippen LogP contribution in [-0.4, -0.2) is 47.2 Å². The number of hydrogen-bond donors (Lipinski definition) is 1. The molecule has 1 aliphatic heterocycles. The fourth-order valence-electron chi connectivity index (χ4n) is 2.25. The lowest BCUT2D eigenvalue weighted by atomic mass is 10.0. The summed E-state index contributed by atoms with van der Waals surface area (Å²) in [6.07, 6.45) is -4.16. The predicted octanol–water partition coefficient (Wildman–Crippen LogP) is 2.14. The molecule has 0 aromatic carbocycles. The van der Waals surface area contributed by atoms with Gasteiger partial charge in [-0.1, -0.05) is 0 Å². The minimum absolute atomic E-state index is 0.0762. The molecule has 0 atom stereocenters. The molecule has 1 saturated heterocycles. The smallest absolute Gasteiger partial charge is 0.367 e. The van der Waals surface area contributed by atoms with Crippen molar-refractivity contribution in [2.24, 2.45) is 5.92 Å². The Morgan fingerprint density at radius 2 is 1.90 bits per heavy atom. The summed E-state index contributed by atoms with van der Waals surface area (Å²) in [5, 5.41) is 2.85. The van der Waals surface area contributed by atoms with Crippen LogP contribution in [-0.2, 0) is 0 Å². The largest absolute Gasteiger partial charge is 0.401 e. The molecular formula is C12H16F4N4. The number of anilines is 1. The van der Waals surface area contributed by atoms with Crippen molar-refractivity contribution in [2.75, 3.05) is 31.5 Å². The zero-order chi connectivity index (χ0) is 14.9. The molecule has 0 saturated carbocycles. The summed E-state index contributed by atoms with van der Waals surface area (Å²) in [7, 11) is 0. The summed E-state index contributed by atoms with van der Waals surface area (Å²) in [6, 6.07) is 0. The number of likely N-dealkylation sites (tertiary alicyclic amines) is 1. The highest BCUT2D eigenvalue weighted by Crippen LogP contribution is 2.23. The van der Waals surface area contributed by atoms with Gasteiger partial charge in [0.2, 0.25) is 0 Å². The van der Waals surface area contributed by atoms with Gasteiger partial charge in [0.05, 0.1) is 12.2 Å². The number of nitrogens with zero attached hydrogens (tertiary/aromatic N) is 3. The first kappa shape index (κ1) is 15.0. The maximum Gasteiger partial charge on any atom is 0.401 e. The van der Waals surface area contributed by atoms with Crippen LogP contribution in [0.2, 0.25) is 0 Å². The van der Waals surface area contributed by atoms with Crippen molar-refractivity contribution in [3.8, 4) is 0 Å². The summed E-state index contributed by atoms with van der Waals surface area (Å²) < 4.78 is 50.1. The van der Waals surface area contributed by atoms with Gasteiger partial charge in [0.25, 0.3) is 0 Å². The first-order chi connectivity index (χ1) is 9.24. The third kappa shape index (κ3) is 3.78. The molecule has 0 spiro atoms. The van der Waals surface area contributed by atoms with E-state index in [4.69, 9.17) is 0 Å². The van der Waals surface area contributed by atoms with E-state index in [-0.39, 0.29) is 17.4 Å². The highest BCUT2D eigenvalue weighted by Gasteiger charge is 2.36. The quantitative estimate of drug-likeness (QED) is 0.863. The van der Waals surface area contributed by atoms with Crippen LogP contribution in [0.1, 0.15) is 11.5 Å². The van der Waals surface area contributed by atoms with Crippen LogP contribution < -0.4 is 5.32 Å². The first-order valence-electron chi connectivity index (χ1n) is 6.28. The van der Waals surface area contributed by atoms with Gasteiger partial charge in [0.1, 0.15) is 5.82 Å². The molecule has 0 aliphatic carbocycles. The lowest BCUT2D eigenvalue weighted by molar-refractivity contribution is -0.157. The number of alkyl halides is 3. The Balaban J connectivity index is 1.81. The number of hydrogen-bond acceptors (Lipinski definition) is 4. The van der Waals surface area contributed by atoms with Gasteiger partial charge in [0.15, 0.2) is 11.6 Å². The number of nitrogens with one attached hydrogen (secondary N) is 1. The van der Waals surface area contributed by atoms with Crippen molar-refractivity contribution in [3.05, 3.63) is 17.3 Å². The van der Waals surface area contributed by atoms with Crippen LogP contribution in [0.4, 0.5) is 23.4 Å². The molecular weight excluding hydrogens is 276 g/mol. The highest BCUT2D eigenvalue weighted by molar-refractivity contribution is 5.38. The lowest BCUT2D eigenvalue weighted by Crippen LogP contribution is -2.52. The van der Waals surface area contributed by atoms with Gasteiger partial charge in [-0.25, -0.2) is 14.4 Å². The van der Waals surface area contributed by atoms with Crippen LogP contribution in [0.25, 0.3) is 0 Å². The topological polar surface area (TPSA) is 41.1 Å². The second kappa shape index (κ2) is 5.51. The van der Waals surface area contributed by atoms with E-state index in [1.807, 2.05) is 0 Å². The van der Waals surface area contributed by atoms with E-state index < -0.39 is 18.5 Å². The summed E-state index contributed by atoms with van der Waals surface area (Å²) in [4.78, 5) is 9.16. The van der Waals surface area contributed by atoms with Gasteiger partial charge in [0, 0.05) is 25.6 Å². The summed E-state index contributed by atoms with van der Waals surface area (Å²) >= 11 is 0. The summed E-state index contributed by atoms with van der Waals surface area (Å²) in [6.45, 7) is 3.44. The van der Waals surface area contributed by atoms with Gasteiger partial charge < -0.3 is 5.32 Å². The van der Waals surface area contributed by atoms with Crippen molar-refractivity contribution < 1.29 is 17.6 Å². The van der Waals surface area contributed by atoms with Crippen molar-refractivity contribution in [2.45, 2.75) is 20.0 Å². The molecule has 4 nitrogen and oxygen atoms in total. The van der Waals surface area contributed by atoms with Crippen LogP contribution >= 0.6 is 0 Å². The molecule has 112 valence electrons. The second-order valence-electron chi connectivity index (χ2n) is 5.08. The van der Waals surface area contributed by atoms with Gasteiger partial charge in [-0.2, -0.15) is 13.2 Å². The van der Waals surface area contributed by atoms with Gasteiger partial charge in [-0.05, 0) is 13.8 Å².